The van der Waals surface area contributed by atoms with Gasteiger partial charge in [-0.25, -0.2) is 9.67 Å². The molecule has 0 saturated heterocycles. The predicted octanol–water partition coefficient (Wildman–Crippen LogP) is 1.64. The van der Waals surface area contributed by atoms with Crippen LogP contribution in [0.3, 0.4) is 0 Å². The number of hydrogen-bond acceptors (Lipinski definition) is 4. The molecule has 0 aliphatic carbocycles. The average Bonchev–Trinajstić information content (AvgIpc) is 3.00. The van der Waals surface area contributed by atoms with Crippen LogP contribution in [0.5, 0.6) is 0 Å². The lowest BCUT2D eigenvalue weighted by Crippen LogP contribution is -2.21. The first-order chi connectivity index (χ1) is 10.2. The summed E-state index contributed by atoms with van der Waals surface area (Å²) in [6.45, 7) is 3.25. The van der Waals surface area contributed by atoms with Crippen molar-refractivity contribution in [1.29, 1.82) is 0 Å². The molecule has 1 aromatic heterocycles. The van der Waals surface area contributed by atoms with Gasteiger partial charge in [-0.3, -0.25) is 4.79 Å². The molecule has 1 aromatic carbocycles. The van der Waals surface area contributed by atoms with Crippen molar-refractivity contribution in [1.82, 2.24) is 14.8 Å². The third-order valence-corrected chi connectivity index (χ3v) is 3.43. The van der Waals surface area contributed by atoms with E-state index in [1.165, 1.54) is 6.33 Å². The summed E-state index contributed by atoms with van der Waals surface area (Å²) >= 11 is 0. The summed E-state index contributed by atoms with van der Waals surface area (Å²) in [6, 6.07) is 7.73. The number of anilines is 1. The highest BCUT2D eigenvalue weighted by molar-refractivity contribution is 5.90. The fourth-order valence-electron chi connectivity index (χ4n) is 2.06. The van der Waals surface area contributed by atoms with Crippen molar-refractivity contribution in [3.8, 4) is 0 Å². The minimum absolute atomic E-state index is 0.0105. The highest BCUT2D eigenvalue weighted by atomic mass is 16.1. The quantitative estimate of drug-likeness (QED) is 0.810. The van der Waals surface area contributed by atoms with Crippen molar-refractivity contribution in [3.63, 3.8) is 0 Å². The second-order valence-electron chi connectivity index (χ2n) is 5.05. The van der Waals surface area contributed by atoms with Crippen LogP contribution in [-0.2, 0) is 11.3 Å². The van der Waals surface area contributed by atoms with Crippen LogP contribution >= 0.6 is 0 Å². The zero-order chi connectivity index (χ0) is 15.1. The summed E-state index contributed by atoms with van der Waals surface area (Å²) in [4.78, 5) is 15.8. The first-order valence-corrected chi connectivity index (χ1v) is 7.12. The number of carbonyl (C=O) groups excluding carboxylic acids is 1. The monoisotopic (exact) mass is 287 g/mol. The molecule has 1 amide bonds. The van der Waals surface area contributed by atoms with Gasteiger partial charge in [0.15, 0.2) is 0 Å². The fraction of sp³-hybridized carbons (Fsp3) is 0.400. The molecule has 0 bridgehead atoms. The van der Waals surface area contributed by atoms with E-state index in [-0.39, 0.29) is 11.8 Å². The van der Waals surface area contributed by atoms with E-state index in [2.05, 4.69) is 15.4 Å². The Morgan fingerprint density at radius 2 is 2.14 bits per heavy atom. The Hall–Kier alpha value is -2.21. The lowest BCUT2D eigenvalue weighted by atomic mass is 10.0. The summed E-state index contributed by atoms with van der Waals surface area (Å²) < 4.78 is 1.75. The minimum Gasteiger partial charge on any atom is -0.330 e. The number of amides is 1. The SMILES string of the molecule is CCC(CN)CC(=O)Nc1ccc(Cn2cncn2)cc1. The van der Waals surface area contributed by atoms with E-state index in [1.54, 1.807) is 11.0 Å². The molecule has 21 heavy (non-hydrogen) atoms. The number of hydrogen-bond donors (Lipinski definition) is 2. The molecule has 0 radical (unpaired) electrons. The Kier molecular flexibility index (Phi) is 5.45. The lowest BCUT2D eigenvalue weighted by molar-refractivity contribution is -0.117. The molecule has 2 aromatic rings. The highest BCUT2D eigenvalue weighted by Gasteiger charge is 2.10. The fourth-order valence-corrected chi connectivity index (χ4v) is 2.06. The summed E-state index contributed by atoms with van der Waals surface area (Å²) in [6.07, 6.45) is 4.57. The molecule has 0 aliphatic heterocycles. The molecule has 112 valence electrons. The summed E-state index contributed by atoms with van der Waals surface area (Å²) in [5.74, 6) is 0.257. The highest BCUT2D eigenvalue weighted by Crippen LogP contribution is 2.13. The minimum atomic E-state index is 0.0105. The number of aromatic nitrogens is 3. The molecule has 1 atom stereocenters. The number of nitrogens with one attached hydrogen (secondary N) is 1. The van der Waals surface area contributed by atoms with Gasteiger partial charge < -0.3 is 11.1 Å². The number of nitrogens with two attached hydrogens (primary N) is 1. The van der Waals surface area contributed by atoms with Crippen LogP contribution in [0.15, 0.2) is 36.9 Å². The summed E-state index contributed by atoms with van der Waals surface area (Å²) in [5, 5.41) is 6.96. The van der Waals surface area contributed by atoms with Gasteiger partial charge in [0.05, 0.1) is 6.54 Å². The number of nitrogens with zero attached hydrogens (tertiary/aromatic N) is 3. The first-order valence-electron chi connectivity index (χ1n) is 7.12. The zero-order valence-corrected chi connectivity index (χ0v) is 12.2. The van der Waals surface area contributed by atoms with E-state index in [9.17, 15) is 4.79 Å². The van der Waals surface area contributed by atoms with Crippen LogP contribution in [0.1, 0.15) is 25.3 Å². The summed E-state index contributed by atoms with van der Waals surface area (Å²) in [5.41, 5.74) is 7.52. The Morgan fingerprint density at radius 3 is 2.71 bits per heavy atom. The third kappa shape index (κ3) is 4.68. The van der Waals surface area contributed by atoms with Crippen molar-refractivity contribution in [3.05, 3.63) is 42.5 Å². The van der Waals surface area contributed by atoms with Crippen LogP contribution in [0.4, 0.5) is 5.69 Å². The van der Waals surface area contributed by atoms with Crippen molar-refractivity contribution in [2.45, 2.75) is 26.3 Å². The van der Waals surface area contributed by atoms with Crippen LogP contribution in [-0.4, -0.2) is 27.2 Å². The molecule has 6 nitrogen and oxygen atoms in total. The van der Waals surface area contributed by atoms with Crippen molar-refractivity contribution >= 4 is 11.6 Å². The second-order valence-corrected chi connectivity index (χ2v) is 5.05. The molecule has 2 rings (SSSR count). The standard InChI is InChI=1S/C15H21N5O/c1-2-12(8-16)7-15(21)19-14-5-3-13(4-6-14)9-20-11-17-10-18-20/h3-6,10-12H,2,7-9,16H2,1H3,(H,19,21). The summed E-state index contributed by atoms with van der Waals surface area (Å²) in [7, 11) is 0. The van der Waals surface area contributed by atoms with Gasteiger partial charge in [-0.05, 0) is 30.2 Å². The second kappa shape index (κ2) is 7.54. The average molecular weight is 287 g/mol. The Labute approximate surface area is 124 Å². The largest absolute Gasteiger partial charge is 0.330 e. The van der Waals surface area contributed by atoms with Gasteiger partial charge >= 0.3 is 0 Å². The van der Waals surface area contributed by atoms with Crippen LogP contribution in [0, 0.1) is 5.92 Å². The normalized spacial score (nSPS) is 12.1. The molecule has 3 N–H and O–H groups in total. The van der Waals surface area contributed by atoms with Gasteiger partial charge in [-0.15, -0.1) is 0 Å². The van der Waals surface area contributed by atoms with Gasteiger partial charge in [0, 0.05) is 12.1 Å². The van der Waals surface area contributed by atoms with E-state index >= 15 is 0 Å². The number of benzene rings is 1. The molecule has 1 unspecified atom stereocenters. The molecule has 1 heterocycles. The van der Waals surface area contributed by atoms with Crippen LogP contribution in [0.2, 0.25) is 0 Å². The van der Waals surface area contributed by atoms with E-state index in [1.807, 2.05) is 31.2 Å². The van der Waals surface area contributed by atoms with Crippen molar-refractivity contribution in [2.24, 2.45) is 11.7 Å². The third-order valence-electron chi connectivity index (χ3n) is 3.43. The van der Waals surface area contributed by atoms with E-state index in [0.717, 1.165) is 17.7 Å². The van der Waals surface area contributed by atoms with E-state index in [4.69, 9.17) is 5.73 Å². The van der Waals surface area contributed by atoms with Gasteiger partial charge in [0.1, 0.15) is 12.7 Å². The van der Waals surface area contributed by atoms with Crippen LogP contribution < -0.4 is 11.1 Å². The zero-order valence-electron chi connectivity index (χ0n) is 12.2. The molecule has 6 heteroatoms. The van der Waals surface area contributed by atoms with Gasteiger partial charge in [0.25, 0.3) is 0 Å². The Balaban J connectivity index is 1.88. The maximum absolute atomic E-state index is 11.9. The van der Waals surface area contributed by atoms with Crippen molar-refractivity contribution < 1.29 is 4.79 Å². The molecular formula is C15H21N5O. The Bertz CT molecular complexity index is 546. The smallest absolute Gasteiger partial charge is 0.224 e. The van der Waals surface area contributed by atoms with Gasteiger partial charge in [-0.1, -0.05) is 25.5 Å². The molecular weight excluding hydrogens is 266 g/mol. The molecule has 0 aliphatic rings. The van der Waals surface area contributed by atoms with Gasteiger partial charge in [-0.2, -0.15) is 5.10 Å². The van der Waals surface area contributed by atoms with E-state index in [0.29, 0.717) is 19.5 Å². The van der Waals surface area contributed by atoms with Crippen molar-refractivity contribution in [2.75, 3.05) is 11.9 Å². The maximum atomic E-state index is 11.9. The molecule has 0 spiro atoms. The first kappa shape index (κ1) is 15.2. The predicted molar refractivity (Wildman–Crippen MR) is 81.6 cm³/mol. The number of carbonyl (C=O) groups is 1. The number of rotatable bonds is 7. The molecule has 0 saturated carbocycles. The van der Waals surface area contributed by atoms with E-state index < -0.39 is 0 Å². The molecule has 0 fully saturated rings. The lowest BCUT2D eigenvalue weighted by Gasteiger charge is -2.12. The van der Waals surface area contributed by atoms with Crippen LogP contribution in [0.25, 0.3) is 0 Å². The Morgan fingerprint density at radius 1 is 1.38 bits per heavy atom. The maximum Gasteiger partial charge on any atom is 0.224 e. The van der Waals surface area contributed by atoms with Gasteiger partial charge in [0.2, 0.25) is 5.91 Å². The topological polar surface area (TPSA) is 85.8 Å².